The second-order valence-corrected chi connectivity index (χ2v) is 5.04. The molecule has 0 heterocycles. The molecule has 0 aromatic rings. The lowest BCUT2D eigenvalue weighted by Crippen LogP contribution is -2.40. The summed E-state index contributed by atoms with van der Waals surface area (Å²) in [4.78, 5) is 11.2. The zero-order valence-corrected chi connectivity index (χ0v) is 9.96. The maximum atomic E-state index is 11.2. The lowest BCUT2D eigenvalue weighted by atomic mass is 9.93. The van der Waals surface area contributed by atoms with Gasteiger partial charge in [-0.15, -0.1) is 0 Å². The van der Waals surface area contributed by atoms with Crippen LogP contribution in [0, 0.1) is 11.8 Å². The average molecular weight is 212 g/mol. The Morgan fingerprint density at radius 2 is 2.20 bits per heavy atom. The molecule has 2 atom stereocenters. The van der Waals surface area contributed by atoms with Crippen LogP contribution in [0.1, 0.15) is 46.0 Å². The lowest BCUT2D eigenvalue weighted by Gasteiger charge is -2.21. The molecule has 0 aromatic heterocycles. The highest BCUT2D eigenvalue weighted by Gasteiger charge is 2.27. The van der Waals surface area contributed by atoms with Crippen LogP contribution in [0.5, 0.6) is 0 Å². The van der Waals surface area contributed by atoms with Crippen LogP contribution in [0.25, 0.3) is 0 Å². The van der Waals surface area contributed by atoms with Gasteiger partial charge in [-0.1, -0.05) is 26.7 Å². The summed E-state index contributed by atoms with van der Waals surface area (Å²) < 4.78 is 0. The molecular weight excluding hydrogens is 188 g/mol. The van der Waals surface area contributed by atoms with Crippen molar-refractivity contribution in [2.75, 3.05) is 6.54 Å². The van der Waals surface area contributed by atoms with E-state index in [0.717, 1.165) is 12.3 Å². The standard InChI is InChI=1S/C12H24N2O/c1-9(2)6-7-10-4-3-5-11(10)14-12(15)8-13/h9-11H,3-8,13H2,1-2H3,(H,14,15). The molecule has 0 bridgehead atoms. The third-order valence-corrected chi connectivity index (χ3v) is 3.31. The van der Waals surface area contributed by atoms with E-state index in [-0.39, 0.29) is 12.5 Å². The van der Waals surface area contributed by atoms with Crippen LogP contribution in [-0.2, 0) is 4.79 Å². The van der Waals surface area contributed by atoms with E-state index in [1.165, 1.54) is 25.7 Å². The molecule has 3 heteroatoms. The second-order valence-electron chi connectivity index (χ2n) is 5.04. The van der Waals surface area contributed by atoms with E-state index in [4.69, 9.17) is 5.73 Å². The Hall–Kier alpha value is -0.570. The first-order valence-corrected chi connectivity index (χ1v) is 6.13. The van der Waals surface area contributed by atoms with Crippen molar-refractivity contribution in [2.45, 2.75) is 52.0 Å². The first-order valence-electron chi connectivity index (χ1n) is 6.13. The maximum Gasteiger partial charge on any atom is 0.233 e. The van der Waals surface area contributed by atoms with Gasteiger partial charge in [0.25, 0.3) is 0 Å². The van der Waals surface area contributed by atoms with Gasteiger partial charge in [0.1, 0.15) is 0 Å². The smallest absolute Gasteiger partial charge is 0.233 e. The molecule has 1 saturated carbocycles. The highest BCUT2D eigenvalue weighted by atomic mass is 16.1. The van der Waals surface area contributed by atoms with E-state index in [2.05, 4.69) is 19.2 Å². The quantitative estimate of drug-likeness (QED) is 0.728. The molecule has 0 radical (unpaired) electrons. The van der Waals surface area contributed by atoms with E-state index >= 15 is 0 Å². The molecule has 1 aliphatic carbocycles. The first kappa shape index (κ1) is 12.5. The van der Waals surface area contributed by atoms with Gasteiger partial charge in [-0.25, -0.2) is 0 Å². The van der Waals surface area contributed by atoms with Gasteiger partial charge in [0.2, 0.25) is 5.91 Å². The molecule has 1 fully saturated rings. The predicted octanol–water partition coefficient (Wildman–Crippen LogP) is 1.67. The SMILES string of the molecule is CC(C)CCC1CCCC1NC(=O)CN. The van der Waals surface area contributed by atoms with Crippen molar-refractivity contribution in [3.05, 3.63) is 0 Å². The monoisotopic (exact) mass is 212 g/mol. The number of nitrogens with one attached hydrogen (secondary N) is 1. The van der Waals surface area contributed by atoms with Gasteiger partial charge in [0.15, 0.2) is 0 Å². The van der Waals surface area contributed by atoms with Crippen molar-refractivity contribution in [2.24, 2.45) is 17.6 Å². The number of nitrogens with two attached hydrogens (primary N) is 1. The van der Waals surface area contributed by atoms with E-state index in [1.54, 1.807) is 0 Å². The van der Waals surface area contributed by atoms with E-state index in [1.807, 2.05) is 0 Å². The zero-order valence-electron chi connectivity index (χ0n) is 9.96. The average Bonchev–Trinajstić information content (AvgIpc) is 2.62. The Bertz CT molecular complexity index is 204. The number of rotatable bonds is 5. The number of hydrogen-bond acceptors (Lipinski definition) is 2. The van der Waals surface area contributed by atoms with E-state index in [0.29, 0.717) is 12.0 Å². The number of hydrogen-bond donors (Lipinski definition) is 2. The normalized spacial score (nSPS) is 25.9. The Balaban J connectivity index is 2.32. The van der Waals surface area contributed by atoms with Crippen molar-refractivity contribution >= 4 is 5.91 Å². The van der Waals surface area contributed by atoms with E-state index < -0.39 is 0 Å². The van der Waals surface area contributed by atoms with Crippen LogP contribution in [0.4, 0.5) is 0 Å². The highest BCUT2D eigenvalue weighted by molar-refractivity contribution is 5.78. The zero-order chi connectivity index (χ0) is 11.3. The van der Waals surface area contributed by atoms with Crippen molar-refractivity contribution < 1.29 is 4.79 Å². The van der Waals surface area contributed by atoms with Crippen LogP contribution in [0.2, 0.25) is 0 Å². The summed E-state index contributed by atoms with van der Waals surface area (Å²) in [7, 11) is 0. The second kappa shape index (κ2) is 6.11. The Morgan fingerprint density at radius 1 is 1.47 bits per heavy atom. The minimum atomic E-state index is -0.00329. The maximum absolute atomic E-state index is 11.2. The summed E-state index contributed by atoms with van der Waals surface area (Å²) in [5.74, 6) is 1.44. The summed E-state index contributed by atoms with van der Waals surface area (Å²) in [6.45, 7) is 4.62. The minimum Gasteiger partial charge on any atom is -0.352 e. The van der Waals surface area contributed by atoms with Gasteiger partial charge >= 0.3 is 0 Å². The number of carbonyl (C=O) groups excluding carboxylic acids is 1. The Kier molecular flexibility index (Phi) is 5.09. The summed E-state index contributed by atoms with van der Waals surface area (Å²) in [5, 5.41) is 3.04. The third-order valence-electron chi connectivity index (χ3n) is 3.31. The van der Waals surface area contributed by atoms with Crippen LogP contribution in [0.15, 0.2) is 0 Å². The minimum absolute atomic E-state index is 0.00329. The fraction of sp³-hybridized carbons (Fsp3) is 0.917. The lowest BCUT2D eigenvalue weighted by molar-refractivity contribution is -0.120. The summed E-state index contributed by atoms with van der Waals surface area (Å²) in [5.41, 5.74) is 5.31. The molecule has 1 rings (SSSR count). The van der Waals surface area contributed by atoms with Crippen molar-refractivity contribution in [3.63, 3.8) is 0 Å². The molecule has 3 N–H and O–H groups in total. The first-order chi connectivity index (χ1) is 7.13. The van der Waals surface area contributed by atoms with Crippen LogP contribution in [0.3, 0.4) is 0 Å². The van der Waals surface area contributed by atoms with Crippen LogP contribution >= 0.6 is 0 Å². The topological polar surface area (TPSA) is 55.1 Å². The van der Waals surface area contributed by atoms with Crippen molar-refractivity contribution in [3.8, 4) is 0 Å². The van der Waals surface area contributed by atoms with E-state index in [9.17, 15) is 4.79 Å². The third kappa shape index (κ3) is 4.20. The van der Waals surface area contributed by atoms with Gasteiger partial charge in [0, 0.05) is 6.04 Å². The fourth-order valence-corrected chi connectivity index (χ4v) is 2.39. The Morgan fingerprint density at radius 3 is 2.80 bits per heavy atom. The molecule has 1 aliphatic rings. The molecule has 0 aromatic carbocycles. The Labute approximate surface area is 92.8 Å². The molecular formula is C12H24N2O. The molecule has 0 aliphatic heterocycles. The van der Waals surface area contributed by atoms with Crippen LogP contribution in [-0.4, -0.2) is 18.5 Å². The molecule has 0 saturated heterocycles. The molecule has 88 valence electrons. The molecule has 2 unspecified atom stereocenters. The molecule has 1 amide bonds. The largest absolute Gasteiger partial charge is 0.352 e. The molecule has 15 heavy (non-hydrogen) atoms. The summed E-state index contributed by atoms with van der Waals surface area (Å²) in [6, 6.07) is 0.389. The highest BCUT2D eigenvalue weighted by Crippen LogP contribution is 2.30. The molecule has 3 nitrogen and oxygen atoms in total. The van der Waals surface area contributed by atoms with Gasteiger partial charge < -0.3 is 11.1 Å². The fourth-order valence-electron chi connectivity index (χ4n) is 2.39. The van der Waals surface area contributed by atoms with Crippen molar-refractivity contribution in [1.82, 2.24) is 5.32 Å². The summed E-state index contributed by atoms with van der Waals surface area (Å²) in [6.07, 6.45) is 6.15. The summed E-state index contributed by atoms with van der Waals surface area (Å²) >= 11 is 0. The van der Waals surface area contributed by atoms with Crippen molar-refractivity contribution in [1.29, 1.82) is 0 Å². The number of amides is 1. The predicted molar refractivity (Wildman–Crippen MR) is 62.4 cm³/mol. The van der Waals surface area contributed by atoms with Crippen LogP contribution < -0.4 is 11.1 Å². The van der Waals surface area contributed by atoms with Gasteiger partial charge in [-0.3, -0.25) is 4.79 Å². The van der Waals surface area contributed by atoms with Gasteiger partial charge in [-0.2, -0.15) is 0 Å². The number of carbonyl (C=O) groups is 1. The van der Waals surface area contributed by atoms with Gasteiger partial charge in [0.05, 0.1) is 6.54 Å². The van der Waals surface area contributed by atoms with Gasteiger partial charge in [-0.05, 0) is 31.1 Å². The molecule has 0 spiro atoms.